The van der Waals surface area contributed by atoms with Crippen LogP contribution in [0.3, 0.4) is 0 Å². The molecular weight excluding hydrogens is 528 g/mol. The van der Waals surface area contributed by atoms with Gasteiger partial charge in [0.2, 0.25) is 0 Å². The third-order valence-electron chi connectivity index (χ3n) is 6.84. The second-order valence-electron chi connectivity index (χ2n) is 10.3. The molecule has 222 valence electrons. The van der Waals surface area contributed by atoms with Gasteiger partial charge in [-0.05, 0) is 92.6 Å². The fourth-order valence-corrected chi connectivity index (χ4v) is 4.36. The van der Waals surface area contributed by atoms with Crippen LogP contribution in [0.1, 0.15) is 62.6 Å². The molecule has 1 N–H and O–H groups in total. The summed E-state index contributed by atoms with van der Waals surface area (Å²) in [6.07, 6.45) is 14.8. The Labute approximate surface area is 249 Å². The molecule has 3 aromatic carbocycles. The van der Waals surface area contributed by atoms with E-state index in [9.17, 15) is 9.90 Å². The monoisotopic (exact) mass is 570 g/mol. The minimum atomic E-state index is -0.300. The molecule has 6 nitrogen and oxygen atoms in total. The molecule has 1 aliphatic rings. The third-order valence-corrected chi connectivity index (χ3v) is 6.84. The van der Waals surface area contributed by atoms with Crippen LogP contribution in [0.4, 0.5) is 0 Å². The van der Waals surface area contributed by atoms with Crippen molar-refractivity contribution in [1.29, 1.82) is 0 Å². The van der Waals surface area contributed by atoms with Crippen molar-refractivity contribution in [1.82, 2.24) is 0 Å². The van der Waals surface area contributed by atoms with Gasteiger partial charge >= 0.3 is 5.97 Å². The van der Waals surface area contributed by atoms with E-state index in [1.165, 1.54) is 6.42 Å². The van der Waals surface area contributed by atoms with Gasteiger partial charge in [-0.1, -0.05) is 79.8 Å². The molecule has 1 atom stereocenters. The van der Waals surface area contributed by atoms with Gasteiger partial charge in [0.25, 0.3) is 0 Å². The molecule has 4 rings (SSSR count). The van der Waals surface area contributed by atoms with Crippen LogP contribution in [0.25, 0.3) is 18.2 Å². The smallest absolute Gasteiger partial charge is 0.344 e. The third kappa shape index (κ3) is 11.7. The van der Waals surface area contributed by atoms with Crippen molar-refractivity contribution in [2.45, 2.75) is 57.8 Å². The highest BCUT2D eigenvalue weighted by Crippen LogP contribution is 2.31. The van der Waals surface area contributed by atoms with Crippen LogP contribution in [0, 0.1) is 0 Å². The number of phenolic OH excluding ortho intramolecular Hbond substituents is 1. The first-order chi connectivity index (χ1) is 20.3. The maximum absolute atomic E-state index is 11.8. The number of rotatable bonds is 11. The summed E-state index contributed by atoms with van der Waals surface area (Å²) in [4.78, 5) is 11.8. The minimum absolute atomic E-state index is 0.0387. The van der Waals surface area contributed by atoms with Crippen molar-refractivity contribution in [3.63, 3.8) is 0 Å². The number of esters is 1. The van der Waals surface area contributed by atoms with E-state index in [4.69, 9.17) is 18.9 Å². The summed E-state index contributed by atoms with van der Waals surface area (Å²) in [5.41, 5.74) is 2.85. The quantitative estimate of drug-likeness (QED) is 0.142. The van der Waals surface area contributed by atoms with E-state index < -0.39 is 0 Å². The first-order valence-corrected chi connectivity index (χ1v) is 14.3. The molecule has 1 saturated carbocycles. The van der Waals surface area contributed by atoms with Gasteiger partial charge < -0.3 is 24.1 Å². The summed E-state index contributed by atoms with van der Waals surface area (Å²) in [5.74, 6) is 1.44. The molecule has 1 aliphatic carbocycles. The lowest BCUT2D eigenvalue weighted by molar-refractivity contribution is -0.163. The average molecular weight is 571 g/mol. The summed E-state index contributed by atoms with van der Waals surface area (Å²) in [6, 6.07) is 22.3. The summed E-state index contributed by atoms with van der Waals surface area (Å²) < 4.78 is 21.6. The largest absolute Gasteiger partial charge is 0.508 e. The van der Waals surface area contributed by atoms with E-state index >= 15 is 0 Å². The summed E-state index contributed by atoms with van der Waals surface area (Å²) in [5, 5.41) is 9.21. The highest BCUT2D eigenvalue weighted by atomic mass is 16.7. The molecule has 0 radical (unpaired) electrons. The number of aromatic hydroxyl groups is 1. The molecule has 0 saturated heterocycles. The van der Waals surface area contributed by atoms with Crippen LogP contribution in [0.2, 0.25) is 0 Å². The first-order valence-electron chi connectivity index (χ1n) is 14.3. The number of hydrogen-bond donors (Lipinski definition) is 1. The standard InChI is InChI=1S/C19H20O3.C17H22O3/c1-15(21-2)22-19-13-9-17(10-14-19)6-4-3-5-16-7-11-18(20)12-8-16;1-3-14-7-9-15(10-8-14)19-13-16(18)20-17(2)11-5-4-6-12-17/h3-15,20H,1-2H3;3,7-10H,1,4-6,11-13H2,2H3. The van der Waals surface area contributed by atoms with Gasteiger partial charge in [-0.3, -0.25) is 0 Å². The summed E-state index contributed by atoms with van der Waals surface area (Å²) in [7, 11) is 1.61. The molecule has 1 unspecified atom stereocenters. The van der Waals surface area contributed by atoms with Crippen molar-refractivity contribution in [3.05, 3.63) is 108 Å². The Morgan fingerprint density at radius 2 is 1.38 bits per heavy atom. The normalized spacial score (nSPS) is 14.9. The van der Waals surface area contributed by atoms with Gasteiger partial charge in [-0.2, -0.15) is 0 Å². The SMILES string of the molecule is C=Cc1ccc(OCC(=O)OC2(C)CCCCC2)cc1.COC(C)Oc1ccc(C=CC=Cc2ccc(O)cc2)cc1. The maximum atomic E-state index is 11.8. The van der Waals surface area contributed by atoms with Gasteiger partial charge in [0.15, 0.2) is 12.9 Å². The Morgan fingerprint density at radius 1 is 0.857 bits per heavy atom. The molecule has 0 bridgehead atoms. The fraction of sp³-hybridized carbons (Fsp3) is 0.306. The highest BCUT2D eigenvalue weighted by Gasteiger charge is 2.30. The van der Waals surface area contributed by atoms with Crippen LogP contribution in [-0.4, -0.2) is 36.7 Å². The van der Waals surface area contributed by atoms with Gasteiger partial charge in [0, 0.05) is 7.11 Å². The van der Waals surface area contributed by atoms with E-state index in [0.29, 0.717) is 5.75 Å². The van der Waals surface area contributed by atoms with E-state index in [2.05, 4.69) is 6.58 Å². The Kier molecular flexibility index (Phi) is 12.9. The predicted molar refractivity (Wildman–Crippen MR) is 169 cm³/mol. The summed E-state index contributed by atoms with van der Waals surface area (Å²) >= 11 is 0. The van der Waals surface area contributed by atoms with Gasteiger partial charge in [0.05, 0.1) is 0 Å². The maximum Gasteiger partial charge on any atom is 0.344 e. The van der Waals surface area contributed by atoms with Crippen LogP contribution in [-0.2, 0) is 14.3 Å². The van der Waals surface area contributed by atoms with E-state index in [1.807, 2.05) is 98.8 Å². The number of allylic oxidation sites excluding steroid dienone is 2. The van der Waals surface area contributed by atoms with Crippen molar-refractivity contribution in [2.24, 2.45) is 0 Å². The number of benzene rings is 3. The minimum Gasteiger partial charge on any atom is -0.508 e. The molecule has 6 heteroatoms. The molecule has 42 heavy (non-hydrogen) atoms. The molecule has 1 fully saturated rings. The fourth-order valence-electron chi connectivity index (χ4n) is 4.36. The van der Waals surface area contributed by atoms with Crippen LogP contribution < -0.4 is 9.47 Å². The zero-order chi connectivity index (χ0) is 30.2. The molecule has 0 amide bonds. The van der Waals surface area contributed by atoms with E-state index in [0.717, 1.165) is 48.1 Å². The van der Waals surface area contributed by atoms with Crippen LogP contribution in [0.15, 0.2) is 91.5 Å². The van der Waals surface area contributed by atoms with Crippen LogP contribution >= 0.6 is 0 Å². The van der Waals surface area contributed by atoms with Crippen molar-refractivity contribution in [3.8, 4) is 17.2 Å². The molecule has 0 heterocycles. The van der Waals surface area contributed by atoms with Gasteiger partial charge in [0.1, 0.15) is 22.8 Å². The lowest BCUT2D eigenvalue weighted by Gasteiger charge is -2.33. The second kappa shape index (κ2) is 16.8. The van der Waals surface area contributed by atoms with Gasteiger partial charge in [-0.15, -0.1) is 0 Å². The number of hydrogen-bond acceptors (Lipinski definition) is 6. The number of phenols is 1. The van der Waals surface area contributed by atoms with Crippen molar-refractivity contribution in [2.75, 3.05) is 13.7 Å². The number of carbonyl (C=O) groups excluding carboxylic acids is 1. The Morgan fingerprint density at radius 3 is 1.93 bits per heavy atom. The summed E-state index contributed by atoms with van der Waals surface area (Å²) in [6.45, 7) is 7.52. The lowest BCUT2D eigenvalue weighted by atomic mass is 9.86. The van der Waals surface area contributed by atoms with E-state index in [1.54, 1.807) is 25.3 Å². The van der Waals surface area contributed by atoms with Crippen molar-refractivity contribution >= 4 is 24.2 Å². The molecule has 0 aromatic heterocycles. The highest BCUT2D eigenvalue weighted by molar-refractivity contribution is 5.71. The molecule has 0 aliphatic heterocycles. The molecule has 3 aromatic rings. The van der Waals surface area contributed by atoms with Gasteiger partial charge in [-0.25, -0.2) is 4.79 Å². The molecule has 0 spiro atoms. The predicted octanol–water partition coefficient (Wildman–Crippen LogP) is 8.46. The first kappa shape index (κ1) is 32.2. The number of carbonyl (C=O) groups is 1. The molecular formula is C36H42O6. The Hall–Kier alpha value is -4.29. The lowest BCUT2D eigenvalue weighted by Crippen LogP contribution is -2.35. The van der Waals surface area contributed by atoms with Crippen molar-refractivity contribution < 1.29 is 28.8 Å². The second-order valence-corrected chi connectivity index (χ2v) is 10.3. The van der Waals surface area contributed by atoms with E-state index in [-0.39, 0.29) is 30.2 Å². The topological polar surface area (TPSA) is 74.2 Å². The van der Waals surface area contributed by atoms with Crippen LogP contribution in [0.5, 0.6) is 17.2 Å². The number of methoxy groups -OCH3 is 1. The Bertz CT molecular complexity index is 1280. The zero-order valence-corrected chi connectivity index (χ0v) is 24.8. The number of ether oxygens (including phenoxy) is 4. The average Bonchev–Trinajstić information content (AvgIpc) is 3.00. The zero-order valence-electron chi connectivity index (χ0n) is 24.8. The Balaban J connectivity index is 0.000000231.